The van der Waals surface area contributed by atoms with Crippen LogP contribution in [0.5, 0.6) is 0 Å². The van der Waals surface area contributed by atoms with Crippen molar-refractivity contribution in [1.29, 1.82) is 0 Å². The Morgan fingerprint density at radius 1 is 1.10 bits per heavy atom. The Balaban J connectivity index is 1.85. The van der Waals surface area contributed by atoms with Crippen molar-refractivity contribution in [1.82, 2.24) is 19.9 Å². The molecule has 1 saturated heterocycles. The average molecular weight is 497 g/mol. The molecule has 2 heterocycles. The number of hydrogen-bond acceptors (Lipinski definition) is 5. The summed E-state index contributed by atoms with van der Waals surface area (Å²) in [6, 6.07) is 4.80. The molecule has 0 amide bonds. The van der Waals surface area contributed by atoms with Crippen LogP contribution in [-0.4, -0.2) is 45.5 Å². The summed E-state index contributed by atoms with van der Waals surface area (Å²) in [4.78, 5) is 15.0. The topological polar surface area (TPSA) is 53.9 Å². The van der Waals surface area contributed by atoms with Gasteiger partial charge in [0.1, 0.15) is 0 Å². The monoisotopic (exact) mass is 495 g/mol. The maximum absolute atomic E-state index is 13.1. The fourth-order valence-electron chi connectivity index (χ4n) is 3.49. The predicted molar refractivity (Wildman–Crippen MR) is 117 cm³/mol. The first-order valence-corrected chi connectivity index (χ1v) is 11.0. The van der Waals surface area contributed by atoms with Gasteiger partial charge in [-0.05, 0) is 30.9 Å². The number of piperidine rings is 1. The lowest BCUT2D eigenvalue weighted by atomic mass is 10.0. The van der Waals surface area contributed by atoms with Gasteiger partial charge in [0.05, 0.1) is 5.56 Å². The van der Waals surface area contributed by atoms with Crippen molar-refractivity contribution in [3.05, 3.63) is 35.7 Å². The molecule has 0 atom stereocenters. The number of aromatic nitrogens is 3. The van der Waals surface area contributed by atoms with Crippen LogP contribution in [0, 0.1) is 5.92 Å². The Hall–Kier alpha value is -1.35. The zero-order chi connectivity index (χ0) is 22.8. The van der Waals surface area contributed by atoms with Gasteiger partial charge in [-0.2, -0.15) is 23.1 Å². The summed E-state index contributed by atoms with van der Waals surface area (Å²) < 4.78 is 37.4. The quantitative estimate of drug-likeness (QED) is 0.521. The standard InChI is InChI=1S/C20H23Cl3F3N5/c1-12(2)11-31-8-6-15(7-9-31)27-18-29-16(28-17(30-18)19(21,22)23)13-4-3-5-14(10-13)20(24,25)26/h3-5,10,12,15H,6-9,11H2,1-2H3,(H,27,28,29,30). The maximum Gasteiger partial charge on any atom is 0.416 e. The fourth-order valence-corrected chi connectivity index (χ4v) is 3.74. The highest BCUT2D eigenvalue weighted by atomic mass is 35.6. The van der Waals surface area contributed by atoms with Crippen LogP contribution in [0.1, 0.15) is 38.1 Å². The van der Waals surface area contributed by atoms with E-state index in [1.807, 2.05) is 0 Å². The van der Waals surface area contributed by atoms with Crippen LogP contribution in [0.3, 0.4) is 0 Å². The van der Waals surface area contributed by atoms with Crippen molar-refractivity contribution < 1.29 is 13.2 Å². The minimum absolute atomic E-state index is 0.00201. The van der Waals surface area contributed by atoms with Crippen LogP contribution in [0.4, 0.5) is 19.1 Å². The minimum atomic E-state index is -4.49. The summed E-state index contributed by atoms with van der Waals surface area (Å²) in [6.07, 6.45) is -2.74. The van der Waals surface area contributed by atoms with Gasteiger partial charge >= 0.3 is 6.18 Å². The first-order chi connectivity index (χ1) is 14.4. The summed E-state index contributed by atoms with van der Waals surface area (Å²) in [6.45, 7) is 7.26. The number of benzene rings is 1. The average Bonchev–Trinajstić information content (AvgIpc) is 2.68. The smallest absolute Gasteiger partial charge is 0.351 e. The number of rotatable bonds is 5. The predicted octanol–water partition coefficient (Wildman–Crippen LogP) is 5.92. The van der Waals surface area contributed by atoms with Gasteiger partial charge in [0.15, 0.2) is 11.6 Å². The van der Waals surface area contributed by atoms with E-state index in [9.17, 15) is 13.2 Å². The van der Waals surface area contributed by atoms with Gasteiger partial charge in [0.25, 0.3) is 0 Å². The van der Waals surface area contributed by atoms with Gasteiger partial charge in [0, 0.05) is 31.2 Å². The fraction of sp³-hybridized carbons (Fsp3) is 0.550. The molecule has 1 N–H and O–H groups in total. The Bertz CT molecular complexity index is 894. The number of nitrogens with one attached hydrogen (secondary N) is 1. The Labute approximate surface area is 194 Å². The number of halogens is 6. The van der Waals surface area contributed by atoms with Crippen LogP contribution in [0.25, 0.3) is 11.4 Å². The number of hydrogen-bond donors (Lipinski definition) is 1. The first kappa shape index (κ1) is 24.3. The zero-order valence-electron chi connectivity index (χ0n) is 17.1. The van der Waals surface area contributed by atoms with E-state index in [1.54, 1.807) is 0 Å². The number of alkyl halides is 6. The summed E-state index contributed by atoms with van der Waals surface area (Å²) >= 11 is 17.9. The third-order valence-corrected chi connectivity index (χ3v) is 5.39. The van der Waals surface area contributed by atoms with E-state index in [4.69, 9.17) is 34.8 Å². The molecule has 1 aromatic carbocycles. The molecule has 2 aromatic rings. The van der Waals surface area contributed by atoms with E-state index in [-0.39, 0.29) is 29.2 Å². The minimum Gasteiger partial charge on any atom is -0.351 e. The van der Waals surface area contributed by atoms with Gasteiger partial charge in [0.2, 0.25) is 9.74 Å². The highest BCUT2D eigenvalue weighted by molar-refractivity contribution is 6.66. The van der Waals surface area contributed by atoms with Gasteiger partial charge in [-0.25, -0.2) is 4.98 Å². The summed E-state index contributed by atoms with van der Waals surface area (Å²) in [5, 5.41) is 3.24. The Morgan fingerprint density at radius 3 is 2.35 bits per heavy atom. The number of nitrogens with zero attached hydrogens (tertiary/aromatic N) is 4. The molecule has 0 aliphatic carbocycles. The van der Waals surface area contributed by atoms with Crippen LogP contribution in [0.15, 0.2) is 24.3 Å². The molecule has 1 aliphatic heterocycles. The van der Waals surface area contributed by atoms with Gasteiger partial charge in [-0.1, -0.05) is 60.8 Å². The molecule has 1 aromatic heterocycles. The molecule has 0 radical (unpaired) electrons. The van der Waals surface area contributed by atoms with Crippen molar-refractivity contribution in [3.8, 4) is 11.4 Å². The lowest BCUT2D eigenvalue weighted by Gasteiger charge is -2.33. The van der Waals surface area contributed by atoms with Crippen LogP contribution in [-0.2, 0) is 9.97 Å². The third-order valence-electron chi connectivity index (χ3n) is 4.88. The summed E-state index contributed by atoms with van der Waals surface area (Å²) in [5.74, 6) is 0.614. The van der Waals surface area contributed by atoms with Crippen molar-refractivity contribution >= 4 is 40.8 Å². The number of likely N-dealkylation sites (tertiary alicyclic amines) is 1. The van der Waals surface area contributed by atoms with E-state index in [2.05, 4.69) is 39.0 Å². The molecule has 5 nitrogen and oxygen atoms in total. The van der Waals surface area contributed by atoms with Crippen molar-refractivity contribution in [2.45, 2.75) is 42.7 Å². The van der Waals surface area contributed by atoms with E-state index in [0.29, 0.717) is 5.92 Å². The maximum atomic E-state index is 13.1. The first-order valence-electron chi connectivity index (χ1n) is 9.91. The molecule has 0 spiro atoms. The Morgan fingerprint density at radius 2 is 1.77 bits per heavy atom. The molecule has 3 rings (SSSR count). The highest BCUT2D eigenvalue weighted by Crippen LogP contribution is 2.37. The van der Waals surface area contributed by atoms with Gasteiger partial charge in [-0.15, -0.1) is 0 Å². The highest BCUT2D eigenvalue weighted by Gasteiger charge is 2.32. The van der Waals surface area contributed by atoms with Crippen LogP contribution in [0.2, 0.25) is 0 Å². The third kappa shape index (κ3) is 6.81. The lowest BCUT2D eigenvalue weighted by molar-refractivity contribution is -0.137. The SMILES string of the molecule is CC(C)CN1CCC(Nc2nc(-c3cccc(C(F)(F)F)c3)nc(C(Cl)(Cl)Cl)n2)CC1. The van der Waals surface area contributed by atoms with Gasteiger partial charge in [-0.3, -0.25) is 0 Å². The van der Waals surface area contributed by atoms with Gasteiger partial charge < -0.3 is 10.2 Å². The molecule has 170 valence electrons. The van der Waals surface area contributed by atoms with Crippen molar-refractivity contribution in [2.24, 2.45) is 5.92 Å². The van der Waals surface area contributed by atoms with Crippen molar-refractivity contribution in [3.63, 3.8) is 0 Å². The van der Waals surface area contributed by atoms with Crippen LogP contribution >= 0.6 is 34.8 Å². The molecule has 11 heteroatoms. The van der Waals surface area contributed by atoms with E-state index in [1.165, 1.54) is 12.1 Å². The van der Waals surface area contributed by atoms with E-state index < -0.39 is 15.5 Å². The molecule has 1 fully saturated rings. The second kappa shape index (κ2) is 9.65. The summed E-state index contributed by atoms with van der Waals surface area (Å²) in [5.41, 5.74) is -0.657. The zero-order valence-corrected chi connectivity index (χ0v) is 19.3. The molecule has 0 bridgehead atoms. The van der Waals surface area contributed by atoms with Crippen LogP contribution < -0.4 is 5.32 Å². The second-order valence-corrected chi connectivity index (χ2v) is 10.3. The molecule has 1 aliphatic rings. The van der Waals surface area contributed by atoms with Crippen molar-refractivity contribution in [2.75, 3.05) is 25.0 Å². The normalized spacial score (nSPS) is 16.7. The molecule has 31 heavy (non-hydrogen) atoms. The molecular formula is C20H23Cl3F3N5. The Kier molecular flexibility index (Phi) is 7.56. The molecule has 0 unspecified atom stereocenters. The molecular weight excluding hydrogens is 474 g/mol. The number of anilines is 1. The second-order valence-electron chi connectivity index (χ2n) is 8.00. The lowest BCUT2D eigenvalue weighted by Crippen LogP contribution is -2.41. The largest absolute Gasteiger partial charge is 0.416 e. The summed E-state index contributed by atoms with van der Waals surface area (Å²) in [7, 11) is 0. The molecule has 0 saturated carbocycles. The van der Waals surface area contributed by atoms with E-state index in [0.717, 1.165) is 44.6 Å². The van der Waals surface area contributed by atoms with E-state index >= 15 is 0 Å².